The van der Waals surface area contributed by atoms with Crippen LogP contribution in [-0.2, 0) is 33.3 Å². The highest BCUT2D eigenvalue weighted by atomic mass is 16.9. The van der Waals surface area contributed by atoms with Crippen LogP contribution in [0.5, 0.6) is 0 Å². The molecule has 2 aromatic carbocycles. The first-order valence-corrected chi connectivity index (χ1v) is 11.5. The van der Waals surface area contributed by atoms with Gasteiger partial charge < -0.3 is 34.3 Å². The maximum Gasteiger partial charge on any atom is 0.252 e. The molecule has 3 fully saturated rings. The molecule has 2 N–H and O–H groups in total. The van der Waals surface area contributed by atoms with E-state index < -0.39 is 54.2 Å². The van der Waals surface area contributed by atoms with Gasteiger partial charge in [-0.2, -0.15) is 0 Å². The molecule has 182 valence electrons. The third-order valence-electron chi connectivity index (χ3n) is 6.21. The third-order valence-corrected chi connectivity index (χ3v) is 6.21. The summed E-state index contributed by atoms with van der Waals surface area (Å²) in [5.41, 5.74) is 0.675. The molecular weight excluding hydrogens is 440 g/mol. The molecule has 3 aliphatic heterocycles. The number of ether oxygens (including phenoxy) is 5. The molecule has 0 unspecified atom stereocenters. The number of anilines is 1. The van der Waals surface area contributed by atoms with Gasteiger partial charge in [0.1, 0.15) is 24.4 Å². The zero-order chi connectivity index (χ0) is 24.3. The second kappa shape index (κ2) is 8.28. The predicted molar refractivity (Wildman–Crippen MR) is 123 cm³/mol. The Kier molecular flexibility index (Phi) is 5.65. The number of hydrogen-bond acceptors (Lipinski definition) is 7. The lowest BCUT2D eigenvalue weighted by Gasteiger charge is -2.36. The SMILES string of the molecule is C[C@H](NC(=O)[C@@H]1O[C@@H]2OC(C)(C)O[C@@H]2[C@H]2OC(C)(C)O[C@H]21)C(=O)Nc1cccc2ccccc12. The Morgan fingerprint density at radius 3 is 2.29 bits per heavy atom. The topological polar surface area (TPSA) is 104 Å². The Morgan fingerprint density at radius 2 is 1.50 bits per heavy atom. The summed E-state index contributed by atoms with van der Waals surface area (Å²) < 4.78 is 29.8. The number of carbonyl (C=O) groups is 2. The second-order valence-corrected chi connectivity index (χ2v) is 9.84. The van der Waals surface area contributed by atoms with E-state index in [9.17, 15) is 9.59 Å². The highest BCUT2D eigenvalue weighted by Crippen LogP contribution is 2.44. The Hall–Kier alpha value is -2.56. The predicted octanol–water partition coefficient (Wildman–Crippen LogP) is 2.68. The van der Waals surface area contributed by atoms with Crippen molar-refractivity contribution in [3.8, 4) is 0 Å². The number of benzene rings is 2. The van der Waals surface area contributed by atoms with E-state index in [-0.39, 0.29) is 5.91 Å². The van der Waals surface area contributed by atoms with Gasteiger partial charge in [-0.05, 0) is 46.1 Å². The molecule has 3 heterocycles. The third kappa shape index (κ3) is 4.30. The molecule has 34 heavy (non-hydrogen) atoms. The van der Waals surface area contributed by atoms with Crippen LogP contribution in [0, 0.1) is 0 Å². The van der Waals surface area contributed by atoms with Crippen LogP contribution in [0.4, 0.5) is 5.69 Å². The van der Waals surface area contributed by atoms with Crippen molar-refractivity contribution in [2.24, 2.45) is 0 Å². The number of amides is 2. The molecule has 3 aliphatic rings. The van der Waals surface area contributed by atoms with Gasteiger partial charge in [0.2, 0.25) is 5.91 Å². The van der Waals surface area contributed by atoms with E-state index in [0.717, 1.165) is 10.8 Å². The van der Waals surface area contributed by atoms with Crippen LogP contribution in [0.15, 0.2) is 42.5 Å². The van der Waals surface area contributed by atoms with Crippen LogP contribution in [0.25, 0.3) is 10.8 Å². The van der Waals surface area contributed by atoms with Crippen LogP contribution in [0.1, 0.15) is 34.6 Å². The summed E-state index contributed by atoms with van der Waals surface area (Å²) in [6, 6.07) is 12.6. The molecule has 0 spiro atoms. The smallest absolute Gasteiger partial charge is 0.252 e. The number of rotatable bonds is 4. The van der Waals surface area contributed by atoms with Gasteiger partial charge in [0, 0.05) is 11.1 Å². The van der Waals surface area contributed by atoms with Crippen molar-refractivity contribution < 1.29 is 33.3 Å². The minimum Gasteiger partial charge on any atom is -0.342 e. The van der Waals surface area contributed by atoms with E-state index >= 15 is 0 Å². The number of carbonyl (C=O) groups excluding carboxylic acids is 2. The lowest BCUT2D eigenvalue weighted by molar-refractivity contribution is -0.231. The molecule has 6 atom stereocenters. The summed E-state index contributed by atoms with van der Waals surface area (Å²) in [6.45, 7) is 8.72. The molecule has 0 saturated carbocycles. The number of fused-ring (bicyclic) bond motifs is 4. The first-order valence-electron chi connectivity index (χ1n) is 11.5. The highest BCUT2D eigenvalue weighted by molar-refractivity contribution is 6.04. The van der Waals surface area contributed by atoms with Crippen LogP contribution < -0.4 is 10.6 Å². The second-order valence-electron chi connectivity index (χ2n) is 9.84. The first kappa shape index (κ1) is 23.2. The zero-order valence-corrected chi connectivity index (χ0v) is 19.9. The van der Waals surface area contributed by atoms with Gasteiger partial charge in [-0.3, -0.25) is 9.59 Å². The summed E-state index contributed by atoms with van der Waals surface area (Å²) in [4.78, 5) is 26.1. The molecule has 9 heteroatoms. The van der Waals surface area contributed by atoms with Gasteiger partial charge in [-0.1, -0.05) is 36.4 Å². The molecular formula is C25H30N2O7. The Bertz CT molecular complexity index is 1110. The Morgan fingerprint density at radius 1 is 0.853 bits per heavy atom. The standard InChI is InChI=1S/C25H30N2O7/c1-13(21(28)27-16-12-8-10-14-9-6-7-11-15(14)16)26-22(29)19-17-18(32-24(2,3)31-17)20-23(30-19)34-25(4,5)33-20/h6-13,17-20,23H,1-5H3,(H,26,29)(H,27,28)/t13-,17+,18-,19+,20+,23+/m0/s1. The fraction of sp³-hybridized carbons (Fsp3) is 0.520. The zero-order valence-electron chi connectivity index (χ0n) is 19.9. The molecule has 0 aromatic heterocycles. The van der Waals surface area contributed by atoms with Gasteiger partial charge in [0.05, 0.1) is 0 Å². The fourth-order valence-electron chi connectivity index (χ4n) is 4.76. The summed E-state index contributed by atoms with van der Waals surface area (Å²) in [5, 5.41) is 7.58. The maximum absolute atomic E-state index is 13.2. The van der Waals surface area contributed by atoms with Crippen LogP contribution >= 0.6 is 0 Å². The van der Waals surface area contributed by atoms with Crippen LogP contribution in [-0.4, -0.2) is 60.1 Å². The fourth-order valence-corrected chi connectivity index (χ4v) is 4.76. The maximum atomic E-state index is 13.2. The van der Waals surface area contributed by atoms with Gasteiger partial charge in [-0.15, -0.1) is 0 Å². The van der Waals surface area contributed by atoms with E-state index in [2.05, 4.69) is 10.6 Å². The normalized spacial score (nSPS) is 32.0. The molecule has 9 nitrogen and oxygen atoms in total. The number of nitrogens with one attached hydrogen (secondary N) is 2. The van der Waals surface area contributed by atoms with Crippen molar-refractivity contribution >= 4 is 28.3 Å². The van der Waals surface area contributed by atoms with E-state index in [1.54, 1.807) is 34.6 Å². The van der Waals surface area contributed by atoms with E-state index in [0.29, 0.717) is 5.69 Å². The quantitative estimate of drug-likeness (QED) is 0.708. The molecule has 0 radical (unpaired) electrons. The first-order chi connectivity index (χ1) is 16.0. The van der Waals surface area contributed by atoms with Gasteiger partial charge in [0.15, 0.2) is 24.0 Å². The van der Waals surface area contributed by atoms with Crippen molar-refractivity contribution in [1.29, 1.82) is 0 Å². The average Bonchev–Trinajstić information content (AvgIpc) is 3.26. The van der Waals surface area contributed by atoms with Crippen molar-refractivity contribution in [3.63, 3.8) is 0 Å². The summed E-state index contributed by atoms with van der Waals surface area (Å²) >= 11 is 0. The molecule has 5 rings (SSSR count). The minimum atomic E-state index is -1.03. The molecule has 2 amide bonds. The Balaban J connectivity index is 1.29. The van der Waals surface area contributed by atoms with Crippen LogP contribution in [0.3, 0.4) is 0 Å². The van der Waals surface area contributed by atoms with E-state index in [1.165, 1.54) is 0 Å². The van der Waals surface area contributed by atoms with E-state index in [1.807, 2.05) is 42.5 Å². The molecule has 0 aliphatic carbocycles. The highest BCUT2D eigenvalue weighted by Gasteiger charge is 2.62. The largest absolute Gasteiger partial charge is 0.342 e. The summed E-state index contributed by atoms with van der Waals surface area (Å²) in [6.07, 6.45) is -3.60. The number of hydrogen-bond donors (Lipinski definition) is 2. The Labute approximate surface area is 198 Å². The molecule has 2 aromatic rings. The monoisotopic (exact) mass is 470 g/mol. The summed E-state index contributed by atoms with van der Waals surface area (Å²) in [7, 11) is 0. The lowest BCUT2D eigenvalue weighted by atomic mass is 9.98. The van der Waals surface area contributed by atoms with Crippen molar-refractivity contribution in [3.05, 3.63) is 42.5 Å². The summed E-state index contributed by atoms with van der Waals surface area (Å²) in [5.74, 6) is -2.63. The molecule has 3 saturated heterocycles. The minimum absolute atomic E-state index is 0.347. The van der Waals surface area contributed by atoms with Crippen molar-refractivity contribution in [2.75, 3.05) is 5.32 Å². The lowest BCUT2D eigenvalue weighted by Crippen LogP contribution is -2.60. The van der Waals surface area contributed by atoms with Crippen molar-refractivity contribution in [2.45, 2.75) is 82.9 Å². The van der Waals surface area contributed by atoms with Gasteiger partial charge >= 0.3 is 0 Å². The van der Waals surface area contributed by atoms with Gasteiger partial charge in [0.25, 0.3) is 5.91 Å². The van der Waals surface area contributed by atoms with E-state index in [4.69, 9.17) is 23.7 Å². The average molecular weight is 471 g/mol. The molecule has 0 bridgehead atoms. The van der Waals surface area contributed by atoms with Crippen LogP contribution in [0.2, 0.25) is 0 Å². The van der Waals surface area contributed by atoms with Gasteiger partial charge in [-0.25, -0.2) is 0 Å². The van der Waals surface area contributed by atoms with Crippen molar-refractivity contribution in [1.82, 2.24) is 5.32 Å².